The third kappa shape index (κ3) is 5.08. The van der Waals surface area contributed by atoms with Gasteiger partial charge in [-0.25, -0.2) is 4.79 Å². The van der Waals surface area contributed by atoms with E-state index in [1.807, 2.05) is 29.6 Å². The van der Waals surface area contributed by atoms with Crippen molar-refractivity contribution in [1.29, 1.82) is 0 Å². The van der Waals surface area contributed by atoms with Crippen LogP contribution in [0.15, 0.2) is 29.6 Å². The van der Waals surface area contributed by atoms with Gasteiger partial charge in [0.15, 0.2) is 0 Å². The largest absolute Gasteiger partial charge is 0.497 e. The molecular formula is C21H25NO4S2. The van der Waals surface area contributed by atoms with E-state index in [1.54, 1.807) is 25.8 Å². The third-order valence-electron chi connectivity index (χ3n) is 4.68. The van der Waals surface area contributed by atoms with Gasteiger partial charge in [0.25, 0.3) is 0 Å². The van der Waals surface area contributed by atoms with Crippen LogP contribution < -0.4 is 10.1 Å². The van der Waals surface area contributed by atoms with Gasteiger partial charge in [-0.2, -0.15) is 0 Å². The number of ether oxygens (including phenoxy) is 2. The fourth-order valence-corrected chi connectivity index (χ4v) is 5.35. The zero-order valence-corrected chi connectivity index (χ0v) is 17.8. The second-order valence-corrected chi connectivity index (χ2v) is 8.74. The molecule has 2 aromatic rings. The average molecular weight is 420 g/mol. The van der Waals surface area contributed by atoms with Crippen molar-refractivity contribution in [2.24, 2.45) is 0 Å². The smallest absolute Gasteiger partial charge is 0.341 e. The first kappa shape index (κ1) is 20.7. The number of hydrogen-bond donors (Lipinski definition) is 1. The van der Waals surface area contributed by atoms with Gasteiger partial charge in [0.2, 0.25) is 5.91 Å². The first-order chi connectivity index (χ1) is 13.6. The van der Waals surface area contributed by atoms with Crippen molar-refractivity contribution < 1.29 is 19.1 Å². The third-order valence-corrected chi connectivity index (χ3v) is 6.94. The molecule has 1 heterocycles. The average Bonchev–Trinajstić information content (AvgIpc) is 3.36. The highest BCUT2D eigenvalue weighted by atomic mass is 32.2. The molecule has 1 saturated carbocycles. The van der Waals surface area contributed by atoms with Gasteiger partial charge in [-0.3, -0.25) is 4.79 Å². The first-order valence-electron chi connectivity index (χ1n) is 9.46. The summed E-state index contributed by atoms with van der Waals surface area (Å²) in [6.45, 7) is 2.05. The molecule has 0 aliphatic heterocycles. The molecule has 0 spiro atoms. The van der Waals surface area contributed by atoms with Gasteiger partial charge in [0, 0.05) is 16.2 Å². The van der Waals surface area contributed by atoms with Gasteiger partial charge in [-0.1, -0.05) is 25.0 Å². The molecule has 7 heteroatoms. The normalized spacial score (nSPS) is 14.1. The summed E-state index contributed by atoms with van der Waals surface area (Å²) < 4.78 is 10.4. The highest BCUT2D eigenvalue weighted by Gasteiger charge is 2.23. The van der Waals surface area contributed by atoms with Crippen molar-refractivity contribution in [3.63, 3.8) is 0 Å². The first-order valence-corrected chi connectivity index (χ1v) is 11.4. The van der Waals surface area contributed by atoms with E-state index in [4.69, 9.17) is 9.47 Å². The molecule has 0 saturated heterocycles. The number of rotatable bonds is 8. The summed E-state index contributed by atoms with van der Waals surface area (Å²) >= 11 is 3.05. The molecule has 0 atom stereocenters. The van der Waals surface area contributed by atoms with E-state index in [1.165, 1.54) is 37.0 Å². The van der Waals surface area contributed by atoms with Crippen LogP contribution in [0.25, 0.3) is 11.1 Å². The standard InChI is InChI=1S/C21H25NO4S2/c1-3-26-21(24)19-17(14-8-10-15(25-2)11-9-14)12-28-20(19)22-18(23)13-27-16-6-4-5-7-16/h8-12,16H,3-7,13H2,1-2H3,(H,22,23). The molecule has 3 rings (SSSR count). The van der Waals surface area contributed by atoms with Gasteiger partial charge >= 0.3 is 5.97 Å². The molecule has 1 aliphatic rings. The Balaban J connectivity index is 1.78. The number of thiophene rings is 1. The Hall–Kier alpha value is -1.99. The summed E-state index contributed by atoms with van der Waals surface area (Å²) in [4.78, 5) is 25.0. The van der Waals surface area contributed by atoms with E-state index in [-0.39, 0.29) is 12.5 Å². The summed E-state index contributed by atoms with van der Waals surface area (Å²) in [6.07, 6.45) is 4.88. The zero-order chi connectivity index (χ0) is 19.9. The lowest BCUT2D eigenvalue weighted by molar-refractivity contribution is -0.113. The molecule has 5 nitrogen and oxygen atoms in total. The lowest BCUT2D eigenvalue weighted by Crippen LogP contribution is -2.17. The SMILES string of the molecule is CCOC(=O)c1c(-c2ccc(OC)cc2)csc1NC(=O)CSC1CCCC1. The van der Waals surface area contributed by atoms with Crippen molar-refractivity contribution >= 4 is 40.0 Å². The molecule has 0 bridgehead atoms. The van der Waals surface area contributed by atoms with E-state index in [0.29, 0.717) is 21.6 Å². The maximum atomic E-state index is 12.6. The summed E-state index contributed by atoms with van der Waals surface area (Å²) in [5.41, 5.74) is 2.04. The van der Waals surface area contributed by atoms with Gasteiger partial charge < -0.3 is 14.8 Å². The summed E-state index contributed by atoms with van der Waals surface area (Å²) in [7, 11) is 1.61. The van der Waals surface area contributed by atoms with Gasteiger partial charge in [-0.05, 0) is 37.5 Å². The number of nitrogens with one attached hydrogen (secondary N) is 1. The number of esters is 1. The van der Waals surface area contributed by atoms with E-state index < -0.39 is 5.97 Å². The van der Waals surface area contributed by atoms with Crippen LogP contribution in [-0.2, 0) is 9.53 Å². The van der Waals surface area contributed by atoms with E-state index in [0.717, 1.165) is 16.9 Å². The molecule has 150 valence electrons. The topological polar surface area (TPSA) is 64.6 Å². The second kappa shape index (κ2) is 9.98. The molecular weight excluding hydrogens is 394 g/mol. The van der Waals surface area contributed by atoms with Gasteiger partial charge in [-0.15, -0.1) is 23.1 Å². The molecule has 28 heavy (non-hydrogen) atoms. The molecule has 1 amide bonds. The van der Waals surface area contributed by atoms with Crippen LogP contribution in [0, 0.1) is 0 Å². The maximum absolute atomic E-state index is 12.6. The Morgan fingerprint density at radius 2 is 1.93 bits per heavy atom. The minimum absolute atomic E-state index is 0.0782. The van der Waals surface area contributed by atoms with Crippen LogP contribution in [0.2, 0.25) is 0 Å². The van der Waals surface area contributed by atoms with Crippen molar-refractivity contribution in [2.45, 2.75) is 37.9 Å². The molecule has 1 fully saturated rings. The summed E-state index contributed by atoms with van der Waals surface area (Å²) in [5.74, 6) is 0.649. The Labute approximate surface area is 173 Å². The number of benzene rings is 1. The fourth-order valence-electron chi connectivity index (χ4n) is 3.25. The van der Waals surface area contributed by atoms with Crippen LogP contribution in [0.4, 0.5) is 5.00 Å². The maximum Gasteiger partial charge on any atom is 0.341 e. The van der Waals surface area contributed by atoms with E-state index >= 15 is 0 Å². The number of carbonyl (C=O) groups is 2. The van der Waals surface area contributed by atoms with Crippen molar-refractivity contribution in [3.05, 3.63) is 35.2 Å². The van der Waals surface area contributed by atoms with Crippen LogP contribution in [0.5, 0.6) is 5.75 Å². The highest BCUT2D eigenvalue weighted by molar-refractivity contribution is 8.00. The van der Waals surface area contributed by atoms with E-state index in [2.05, 4.69) is 5.32 Å². The molecule has 0 radical (unpaired) electrons. The van der Waals surface area contributed by atoms with E-state index in [9.17, 15) is 9.59 Å². The number of methoxy groups -OCH3 is 1. The van der Waals surface area contributed by atoms with Gasteiger partial charge in [0.1, 0.15) is 16.3 Å². The number of anilines is 1. The Morgan fingerprint density at radius 3 is 2.57 bits per heavy atom. The summed E-state index contributed by atoms with van der Waals surface area (Å²) in [6, 6.07) is 7.48. The quantitative estimate of drug-likeness (QED) is 0.595. The monoisotopic (exact) mass is 419 g/mol. The van der Waals surface area contributed by atoms with Crippen LogP contribution in [0.1, 0.15) is 43.0 Å². The number of amides is 1. The second-order valence-electron chi connectivity index (χ2n) is 6.57. The predicted octanol–water partition coefficient (Wildman–Crippen LogP) is 5.21. The molecule has 1 aromatic carbocycles. The minimum atomic E-state index is -0.423. The Bertz CT molecular complexity index is 810. The number of hydrogen-bond acceptors (Lipinski definition) is 6. The Kier molecular flexibility index (Phi) is 7.39. The fraction of sp³-hybridized carbons (Fsp3) is 0.429. The minimum Gasteiger partial charge on any atom is -0.497 e. The van der Waals surface area contributed by atoms with Crippen molar-refractivity contribution in [1.82, 2.24) is 0 Å². The molecule has 1 N–H and O–H groups in total. The van der Waals surface area contributed by atoms with Crippen LogP contribution in [-0.4, -0.2) is 36.6 Å². The zero-order valence-electron chi connectivity index (χ0n) is 16.2. The number of thioether (sulfide) groups is 1. The van der Waals surface area contributed by atoms with Crippen LogP contribution >= 0.6 is 23.1 Å². The Morgan fingerprint density at radius 1 is 1.21 bits per heavy atom. The number of carbonyl (C=O) groups excluding carboxylic acids is 2. The van der Waals surface area contributed by atoms with Crippen molar-refractivity contribution in [3.8, 4) is 16.9 Å². The molecule has 1 aromatic heterocycles. The van der Waals surface area contributed by atoms with Crippen LogP contribution in [0.3, 0.4) is 0 Å². The van der Waals surface area contributed by atoms with Gasteiger partial charge in [0.05, 0.1) is 19.5 Å². The molecule has 0 unspecified atom stereocenters. The molecule has 1 aliphatic carbocycles. The lowest BCUT2D eigenvalue weighted by Gasteiger charge is -2.11. The lowest BCUT2D eigenvalue weighted by atomic mass is 10.0. The summed E-state index contributed by atoms with van der Waals surface area (Å²) in [5, 5.41) is 5.92. The van der Waals surface area contributed by atoms with Crippen molar-refractivity contribution in [2.75, 3.05) is 24.8 Å². The predicted molar refractivity (Wildman–Crippen MR) is 116 cm³/mol. The highest BCUT2D eigenvalue weighted by Crippen LogP contribution is 2.37.